The standard InChI is InChI=1S/C10H13N5O2/c1-14(2)9-3-5-10(6-4-9)15(8-17)13-12-11-7-16/h3-8H,1-2H3,(H,11,13,16). The molecule has 0 fully saturated rings. The smallest absolute Gasteiger partial charge is 0.236 e. The summed E-state index contributed by atoms with van der Waals surface area (Å²) in [4.78, 5) is 22.7. The van der Waals surface area contributed by atoms with E-state index in [4.69, 9.17) is 0 Å². The number of hydrogen-bond acceptors (Lipinski definition) is 5. The van der Waals surface area contributed by atoms with E-state index in [0.717, 1.165) is 10.7 Å². The summed E-state index contributed by atoms with van der Waals surface area (Å²) in [5, 5.41) is 7.81. The highest BCUT2D eigenvalue weighted by atomic mass is 16.2. The van der Waals surface area contributed by atoms with Crippen molar-refractivity contribution in [1.29, 1.82) is 0 Å². The molecule has 0 saturated heterocycles. The Bertz CT molecular complexity index is 402. The van der Waals surface area contributed by atoms with Crippen molar-refractivity contribution in [2.45, 2.75) is 0 Å². The average Bonchev–Trinajstić information content (AvgIpc) is 2.35. The first-order valence-electron chi connectivity index (χ1n) is 4.80. The van der Waals surface area contributed by atoms with Crippen molar-refractivity contribution in [2.24, 2.45) is 10.4 Å². The largest absolute Gasteiger partial charge is 0.378 e. The zero-order valence-corrected chi connectivity index (χ0v) is 9.57. The number of nitrogens with one attached hydrogen (secondary N) is 1. The van der Waals surface area contributed by atoms with Gasteiger partial charge in [0.1, 0.15) is 0 Å². The van der Waals surface area contributed by atoms with Gasteiger partial charge in [0, 0.05) is 19.8 Å². The molecule has 90 valence electrons. The molecular weight excluding hydrogens is 222 g/mol. The summed E-state index contributed by atoms with van der Waals surface area (Å²) in [6.45, 7) is 0. The van der Waals surface area contributed by atoms with Crippen LogP contribution in [0.4, 0.5) is 11.4 Å². The summed E-state index contributed by atoms with van der Waals surface area (Å²) in [5.41, 5.74) is 3.54. The number of carbonyl (C=O) groups excluding carboxylic acids is 2. The average molecular weight is 235 g/mol. The Morgan fingerprint density at radius 2 is 1.71 bits per heavy atom. The van der Waals surface area contributed by atoms with Gasteiger partial charge in [-0.15, -0.1) is 0 Å². The second-order valence-corrected chi connectivity index (χ2v) is 3.30. The quantitative estimate of drug-likeness (QED) is 0.449. The first-order valence-corrected chi connectivity index (χ1v) is 4.80. The summed E-state index contributed by atoms with van der Waals surface area (Å²) in [5.74, 6) is 0. The van der Waals surface area contributed by atoms with Crippen molar-refractivity contribution < 1.29 is 9.59 Å². The molecule has 0 aromatic heterocycles. The Morgan fingerprint density at radius 1 is 1.12 bits per heavy atom. The fraction of sp³-hybridized carbons (Fsp3) is 0.200. The minimum Gasteiger partial charge on any atom is -0.378 e. The molecule has 0 radical (unpaired) electrons. The summed E-state index contributed by atoms with van der Waals surface area (Å²) in [6.07, 6.45) is 0.863. The molecule has 0 atom stereocenters. The molecular formula is C10H13N5O2. The van der Waals surface area contributed by atoms with Crippen LogP contribution in [-0.2, 0) is 9.59 Å². The third kappa shape index (κ3) is 3.56. The number of amides is 2. The van der Waals surface area contributed by atoms with Gasteiger partial charge in [0.05, 0.1) is 5.69 Å². The van der Waals surface area contributed by atoms with Crippen molar-refractivity contribution in [3.63, 3.8) is 0 Å². The van der Waals surface area contributed by atoms with Gasteiger partial charge >= 0.3 is 0 Å². The van der Waals surface area contributed by atoms with Gasteiger partial charge in [-0.2, -0.15) is 5.01 Å². The zero-order chi connectivity index (χ0) is 12.7. The SMILES string of the molecule is CN(C)c1ccc(N(C=O)N=NNC=O)cc1. The highest BCUT2D eigenvalue weighted by Gasteiger charge is 2.03. The normalized spacial score (nSPS) is 10.0. The van der Waals surface area contributed by atoms with Gasteiger partial charge in [-0.25, -0.2) is 5.43 Å². The first kappa shape index (κ1) is 12.6. The van der Waals surface area contributed by atoms with Crippen LogP contribution in [0.5, 0.6) is 0 Å². The van der Waals surface area contributed by atoms with E-state index in [1.807, 2.05) is 36.6 Å². The molecule has 7 nitrogen and oxygen atoms in total. The lowest BCUT2D eigenvalue weighted by Gasteiger charge is -2.14. The maximum absolute atomic E-state index is 10.8. The second-order valence-electron chi connectivity index (χ2n) is 3.30. The predicted octanol–water partition coefficient (Wildman–Crippen LogP) is 0.744. The summed E-state index contributed by atoms with van der Waals surface area (Å²) in [6, 6.07) is 7.14. The van der Waals surface area contributed by atoms with Crippen molar-refractivity contribution in [2.75, 3.05) is 24.0 Å². The van der Waals surface area contributed by atoms with Crippen LogP contribution in [0.1, 0.15) is 0 Å². The van der Waals surface area contributed by atoms with Crippen LogP contribution >= 0.6 is 0 Å². The van der Waals surface area contributed by atoms with E-state index in [-0.39, 0.29) is 0 Å². The van der Waals surface area contributed by atoms with E-state index in [9.17, 15) is 9.59 Å². The molecule has 1 rings (SSSR count). The Labute approximate surface area is 98.7 Å². The number of hydrogen-bond donors (Lipinski definition) is 1. The topological polar surface area (TPSA) is 77.4 Å². The Balaban J connectivity index is 2.82. The number of anilines is 2. The maximum Gasteiger partial charge on any atom is 0.236 e. The van der Waals surface area contributed by atoms with Crippen LogP contribution in [0.25, 0.3) is 0 Å². The van der Waals surface area contributed by atoms with Gasteiger partial charge < -0.3 is 4.90 Å². The van der Waals surface area contributed by atoms with Crippen molar-refractivity contribution in [3.05, 3.63) is 24.3 Å². The Hall–Kier alpha value is -2.44. The van der Waals surface area contributed by atoms with E-state index in [1.165, 1.54) is 0 Å². The molecule has 7 heteroatoms. The number of carbonyl (C=O) groups is 2. The third-order valence-corrected chi connectivity index (χ3v) is 1.98. The van der Waals surface area contributed by atoms with E-state index in [2.05, 4.69) is 10.4 Å². The van der Waals surface area contributed by atoms with Crippen molar-refractivity contribution in [1.82, 2.24) is 5.43 Å². The molecule has 1 aromatic carbocycles. The lowest BCUT2D eigenvalue weighted by molar-refractivity contribution is -0.110. The molecule has 0 bridgehead atoms. The van der Waals surface area contributed by atoms with E-state index in [0.29, 0.717) is 18.5 Å². The molecule has 17 heavy (non-hydrogen) atoms. The van der Waals surface area contributed by atoms with Crippen molar-refractivity contribution >= 4 is 24.2 Å². The van der Waals surface area contributed by atoms with Crippen LogP contribution in [-0.4, -0.2) is 26.9 Å². The van der Waals surface area contributed by atoms with Gasteiger partial charge in [-0.05, 0) is 34.7 Å². The van der Waals surface area contributed by atoms with Gasteiger partial charge in [-0.1, -0.05) is 0 Å². The molecule has 0 unspecified atom stereocenters. The summed E-state index contributed by atoms with van der Waals surface area (Å²) < 4.78 is 0. The van der Waals surface area contributed by atoms with E-state index >= 15 is 0 Å². The van der Waals surface area contributed by atoms with E-state index < -0.39 is 0 Å². The molecule has 0 aliphatic heterocycles. The molecule has 0 spiro atoms. The minimum absolute atomic E-state index is 0.363. The van der Waals surface area contributed by atoms with Gasteiger partial charge in [0.25, 0.3) is 0 Å². The van der Waals surface area contributed by atoms with E-state index in [1.54, 1.807) is 12.1 Å². The number of nitrogens with zero attached hydrogens (tertiary/aromatic N) is 4. The van der Waals surface area contributed by atoms with Crippen LogP contribution < -0.4 is 15.3 Å². The Kier molecular flexibility index (Phi) is 4.61. The zero-order valence-electron chi connectivity index (χ0n) is 9.57. The third-order valence-electron chi connectivity index (χ3n) is 1.98. The minimum atomic E-state index is 0.363. The lowest BCUT2D eigenvalue weighted by atomic mass is 10.2. The molecule has 0 heterocycles. The number of rotatable bonds is 6. The monoisotopic (exact) mass is 235 g/mol. The van der Waals surface area contributed by atoms with Crippen molar-refractivity contribution in [3.8, 4) is 0 Å². The maximum atomic E-state index is 10.8. The molecule has 0 saturated carbocycles. The molecule has 0 aliphatic rings. The van der Waals surface area contributed by atoms with Gasteiger partial charge in [0.15, 0.2) is 0 Å². The summed E-state index contributed by atoms with van der Waals surface area (Å²) in [7, 11) is 3.83. The van der Waals surface area contributed by atoms with Crippen LogP contribution in [0.2, 0.25) is 0 Å². The molecule has 1 aromatic rings. The highest BCUT2D eigenvalue weighted by molar-refractivity contribution is 5.74. The highest BCUT2D eigenvalue weighted by Crippen LogP contribution is 2.18. The second kappa shape index (κ2) is 6.21. The fourth-order valence-electron chi connectivity index (χ4n) is 1.13. The number of benzene rings is 1. The first-order chi connectivity index (χ1) is 8.19. The van der Waals surface area contributed by atoms with Crippen LogP contribution in [0.3, 0.4) is 0 Å². The molecule has 1 N–H and O–H groups in total. The molecule has 0 aliphatic carbocycles. The lowest BCUT2D eigenvalue weighted by Crippen LogP contribution is -2.14. The van der Waals surface area contributed by atoms with Crippen LogP contribution in [0.15, 0.2) is 34.7 Å². The summed E-state index contributed by atoms with van der Waals surface area (Å²) >= 11 is 0. The van der Waals surface area contributed by atoms with Gasteiger partial charge in [0.2, 0.25) is 12.8 Å². The Morgan fingerprint density at radius 3 is 2.18 bits per heavy atom. The van der Waals surface area contributed by atoms with Crippen LogP contribution in [0, 0.1) is 0 Å². The van der Waals surface area contributed by atoms with Gasteiger partial charge in [-0.3, -0.25) is 9.59 Å². The molecule has 2 amide bonds. The fourth-order valence-corrected chi connectivity index (χ4v) is 1.13. The predicted molar refractivity (Wildman–Crippen MR) is 63.4 cm³/mol.